The van der Waals surface area contributed by atoms with Crippen LogP contribution in [0.2, 0.25) is 0 Å². The van der Waals surface area contributed by atoms with E-state index in [1.54, 1.807) is 0 Å². The lowest BCUT2D eigenvalue weighted by atomic mass is 10.1. The number of nitrogens with one attached hydrogen (secondary N) is 4. The van der Waals surface area contributed by atoms with Crippen LogP contribution in [0.1, 0.15) is 5.56 Å². The second-order valence-electron chi connectivity index (χ2n) is 3.17. The Kier molecular flexibility index (Phi) is 4.85. The summed E-state index contributed by atoms with van der Waals surface area (Å²) >= 11 is 0. The van der Waals surface area contributed by atoms with Gasteiger partial charge in [-0.05, 0) is 0 Å². The lowest BCUT2D eigenvalue weighted by Gasteiger charge is -2.02. The smallest absolute Gasteiger partial charge is 0.206 e. The summed E-state index contributed by atoms with van der Waals surface area (Å²) in [6.45, 7) is 0. The molecule has 0 aliphatic carbocycles. The van der Waals surface area contributed by atoms with Crippen molar-refractivity contribution in [1.29, 1.82) is 10.8 Å². The van der Waals surface area contributed by atoms with Crippen molar-refractivity contribution >= 4 is 23.8 Å². The zero-order valence-corrected chi connectivity index (χ0v) is 9.51. The van der Waals surface area contributed by atoms with Crippen LogP contribution in [-0.2, 0) is 0 Å². The molecule has 8 nitrogen and oxygen atoms in total. The van der Waals surface area contributed by atoms with Crippen LogP contribution < -0.4 is 22.3 Å². The van der Waals surface area contributed by atoms with Crippen molar-refractivity contribution in [3.05, 3.63) is 35.9 Å². The number of hydrazone groups is 2. The van der Waals surface area contributed by atoms with Gasteiger partial charge in [-0.15, -0.1) is 0 Å². The van der Waals surface area contributed by atoms with Gasteiger partial charge < -0.3 is 11.5 Å². The molecule has 18 heavy (non-hydrogen) atoms. The third-order valence-electron chi connectivity index (χ3n) is 1.74. The van der Waals surface area contributed by atoms with Crippen LogP contribution in [0.25, 0.3) is 0 Å². The largest absolute Gasteiger partial charge is 0.369 e. The first-order valence-corrected chi connectivity index (χ1v) is 4.96. The Labute approximate surface area is 104 Å². The van der Waals surface area contributed by atoms with E-state index in [0.717, 1.165) is 5.56 Å². The van der Waals surface area contributed by atoms with E-state index in [4.69, 9.17) is 22.3 Å². The highest BCUT2D eigenvalue weighted by Gasteiger charge is 2.00. The minimum absolute atomic E-state index is 0.279. The number of nitrogens with two attached hydrogens (primary N) is 2. The lowest BCUT2D eigenvalue weighted by Crippen LogP contribution is -2.28. The third kappa shape index (κ3) is 4.75. The fraction of sp³-hybridized carbons (Fsp3) is 0. The molecule has 0 amide bonds. The summed E-state index contributed by atoms with van der Waals surface area (Å²) in [4.78, 5) is 0. The topological polar surface area (TPSA) is 149 Å². The summed E-state index contributed by atoms with van der Waals surface area (Å²) in [5, 5.41) is 21.6. The average Bonchev–Trinajstić information content (AvgIpc) is 2.34. The molecule has 0 radical (unpaired) electrons. The maximum Gasteiger partial charge on any atom is 0.206 e. The van der Waals surface area contributed by atoms with Crippen LogP contribution in [0, 0.1) is 10.8 Å². The predicted octanol–water partition coefficient (Wildman–Crippen LogP) is -0.657. The normalized spacial score (nSPS) is 11.2. The molecule has 0 unspecified atom stereocenters. The summed E-state index contributed by atoms with van der Waals surface area (Å²) in [6, 6.07) is 9.18. The molecule has 0 atom stereocenters. The van der Waals surface area contributed by atoms with Crippen LogP contribution in [0.4, 0.5) is 0 Å². The first-order chi connectivity index (χ1) is 8.59. The zero-order valence-electron chi connectivity index (χ0n) is 9.51. The van der Waals surface area contributed by atoms with E-state index in [-0.39, 0.29) is 11.9 Å². The van der Waals surface area contributed by atoms with Gasteiger partial charge in [-0.2, -0.15) is 10.2 Å². The van der Waals surface area contributed by atoms with Gasteiger partial charge in [0.2, 0.25) is 11.9 Å². The quantitative estimate of drug-likeness (QED) is 0.237. The van der Waals surface area contributed by atoms with Crippen LogP contribution >= 0.6 is 0 Å². The van der Waals surface area contributed by atoms with Crippen molar-refractivity contribution in [2.75, 3.05) is 0 Å². The molecular weight excluding hydrogens is 232 g/mol. The van der Waals surface area contributed by atoms with Gasteiger partial charge in [0, 0.05) is 5.56 Å². The van der Waals surface area contributed by atoms with E-state index < -0.39 is 0 Å². The highest BCUT2D eigenvalue weighted by Crippen LogP contribution is 1.99. The van der Waals surface area contributed by atoms with Crippen molar-refractivity contribution < 1.29 is 0 Å². The molecule has 0 aliphatic heterocycles. The van der Waals surface area contributed by atoms with Crippen LogP contribution in [-0.4, -0.2) is 23.8 Å². The van der Waals surface area contributed by atoms with E-state index in [1.165, 1.54) is 6.21 Å². The lowest BCUT2D eigenvalue weighted by molar-refractivity contribution is 0.989. The molecule has 0 aromatic heterocycles. The molecule has 94 valence electrons. The molecule has 0 spiro atoms. The minimum Gasteiger partial charge on any atom is -0.369 e. The molecule has 0 bridgehead atoms. The van der Waals surface area contributed by atoms with Crippen LogP contribution in [0.15, 0.2) is 40.5 Å². The molecule has 0 aliphatic rings. The SMILES string of the molecule is N=C(N)NN=CC(=NNC(=N)N)c1ccccc1. The molecule has 1 aromatic rings. The summed E-state index contributed by atoms with van der Waals surface area (Å²) < 4.78 is 0. The minimum atomic E-state index is -0.281. The highest BCUT2D eigenvalue weighted by molar-refractivity contribution is 6.38. The standard InChI is InChI=1S/C10H14N8/c11-9(12)17-15-6-8(16-18-10(13)14)7-4-2-1-3-5-7/h1-6H,(H4,11,12,17)(H4,13,14,18). The number of nitrogens with zero attached hydrogens (tertiary/aromatic N) is 2. The van der Waals surface area contributed by atoms with Crippen LogP contribution in [0.3, 0.4) is 0 Å². The predicted molar refractivity (Wildman–Crippen MR) is 71.6 cm³/mol. The molecule has 0 saturated carbocycles. The second-order valence-corrected chi connectivity index (χ2v) is 3.17. The monoisotopic (exact) mass is 246 g/mol. The van der Waals surface area contributed by atoms with Gasteiger partial charge in [0.1, 0.15) is 5.71 Å². The summed E-state index contributed by atoms with van der Waals surface area (Å²) in [6.07, 6.45) is 1.37. The highest BCUT2D eigenvalue weighted by atomic mass is 15.4. The number of benzene rings is 1. The molecule has 8 N–H and O–H groups in total. The van der Waals surface area contributed by atoms with Crippen molar-refractivity contribution in [2.45, 2.75) is 0 Å². The zero-order chi connectivity index (χ0) is 13.4. The molecule has 0 fully saturated rings. The maximum absolute atomic E-state index is 7.04. The summed E-state index contributed by atoms with van der Waals surface area (Å²) in [7, 11) is 0. The Hall–Kier alpha value is -2.90. The number of rotatable bonds is 4. The van der Waals surface area contributed by atoms with Crippen molar-refractivity contribution in [3.63, 3.8) is 0 Å². The van der Waals surface area contributed by atoms with E-state index in [2.05, 4.69) is 21.1 Å². The van der Waals surface area contributed by atoms with Crippen molar-refractivity contribution in [3.8, 4) is 0 Å². The second kappa shape index (κ2) is 6.63. The fourth-order valence-corrected chi connectivity index (χ4v) is 1.06. The summed E-state index contributed by atoms with van der Waals surface area (Å²) in [5.41, 5.74) is 16.1. The van der Waals surface area contributed by atoms with E-state index in [0.29, 0.717) is 5.71 Å². The molecule has 0 heterocycles. The van der Waals surface area contributed by atoms with Crippen LogP contribution in [0.5, 0.6) is 0 Å². The van der Waals surface area contributed by atoms with E-state index >= 15 is 0 Å². The third-order valence-corrected chi connectivity index (χ3v) is 1.74. The summed E-state index contributed by atoms with van der Waals surface area (Å²) in [5.74, 6) is -0.561. The van der Waals surface area contributed by atoms with Gasteiger partial charge in [-0.25, -0.2) is 10.9 Å². The Morgan fingerprint density at radius 1 is 1.06 bits per heavy atom. The van der Waals surface area contributed by atoms with Gasteiger partial charge in [-0.1, -0.05) is 30.3 Å². The fourth-order valence-electron chi connectivity index (χ4n) is 1.06. The first-order valence-electron chi connectivity index (χ1n) is 4.96. The number of guanidine groups is 2. The Bertz CT molecular complexity index is 476. The molecule has 0 saturated heterocycles. The van der Waals surface area contributed by atoms with Gasteiger partial charge in [0.25, 0.3) is 0 Å². The number of hydrogen-bond donors (Lipinski definition) is 6. The van der Waals surface area contributed by atoms with Gasteiger partial charge in [0.05, 0.1) is 6.21 Å². The maximum atomic E-state index is 7.04. The molecule has 1 aromatic carbocycles. The Balaban J connectivity index is 2.89. The van der Waals surface area contributed by atoms with Crippen molar-refractivity contribution in [2.24, 2.45) is 21.7 Å². The number of hydrogen-bond acceptors (Lipinski definition) is 4. The Morgan fingerprint density at radius 3 is 2.22 bits per heavy atom. The average molecular weight is 246 g/mol. The molecular formula is C10H14N8. The molecule has 8 heteroatoms. The van der Waals surface area contributed by atoms with E-state index in [1.807, 2.05) is 30.3 Å². The van der Waals surface area contributed by atoms with Gasteiger partial charge in [-0.3, -0.25) is 10.8 Å². The first kappa shape index (κ1) is 13.2. The van der Waals surface area contributed by atoms with E-state index in [9.17, 15) is 0 Å². The van der Waals surface area contributed by atoms with Crippen molar-refractivity contribution in [1.82, 2.24) is 10.9 Å². The van der Waals surface area contributed by atoms with Gasteiger partial charge >= 0.3 is 0 Å². The Morgan fingerprint density at radius 2 is 1.67 bits per heavy atom. The molecule has 1 rings (SSSR count). The van der Waals surface area contributed by atoms with Gasteiger partial charge in [0.15, 0.2) is 0 Å².